The highest BCUT2D eigenvalue weighted by molar-refractivity contribution is 5.94. The summed E-state index contributed by atoms with van der Waals surface area (Å²) in [5, 5.41) is 2.41. The molecule has 2 aromatic rings. The minimum Gasteiger partial charge on any atom is -0.444 e. The van der Waals surface area contributed by atoms with E-state index in [1.807, 2.05) is 30.3 Å². The first kappa shape index (κ1) is 23.2. The molecule has 1 aliphatic heterocycles. The molecule has 3 amide bonds. The average molecular weight is 442 g/mol. The Bertz CT molecular complexity index is 988. The van der Waals surface area contributed by atoms with Crippen molar-refractivity contribution in [3.63, 3.8) is 0 Å². The maximum absolute atomic E-state index is 14.3. The van der Waals surface area contributed by atoms with Crippen molar-refractivity contribution in [2.45, 2.75) is 58.3 Å². The van der Waals surface area contributed by atoms with Crippen LogP contribution in [-0.2, 0) is 27.3 Å². The van der Waals surface area contributed by atoms with E-state index in [0.29, 0.717) is 18.4 Å². The second kappa shape index (κ2) is 9.80. The standard InChI is InChI=1S/C24H27FN2O5/c1-24(2,3)32-23(30)27-18(10-12-21(27)28)13-17-9-11-19(25)20(14-17)26-22(29)31-15-16-7-5-4-6-8-16/h4-9,11,14,18H,10,12-13,15H2,1-3H3,(H,26,29). The van der Waals surface area contributed by atoms with Gasteiger partial charge in [0.05, 0.1) is 5.69 Å². The third-order valence-corrected chi connectivity index (χ3v) is 4.87. The van der Waals surface area contributed by atoms with Gasteiger partial charge < -0.3 is 9.47 Å². The number of rotatable bonds is 5. The van der Waals surface area contributed by atoms with Crippen LogP contribution in [-0.4, -0.2) is 34.6 Å². The van der Waals surface area contributed by atoms with Gasteiger partial charge in [-0.15, -0.1) is 0 Å². The molecule has 32 heavy (non-hydrogen) atoms. The van der Waals surface area contributed by atoms with Crippen LogP contribution in [0.3, 0.4) is 0 Å². The summed E-state index contributed by atoms with van der Waals surface area (Å²) in [6.07, 6.45) is -0.426. The molecule has 1 atom stereocenters. The number of hydrogen-bond acceptors (Lipinski definition) is 5. The Morgan fingerprint density at radius 1 is 1.12 bits per heavy atom. The SMILES string of the molecule is CC(C)(C)OC(=O)N1C(=O)CCC1Cc1ccc(F)c(NC(=O)OCc2ccccc2)c1. The lowest BCUT2D eigenvalue weighted by atomic mass is 10.0. The molecule has 0 aliphatic carbocycles. The average Bonchev–Trinajstić information content (AvgIpc) is 3.08. The van der Waals surface area contributed by atoms with Crippen molar-refractivity contribution < 1.29 is 28.2 Å². The van der Waals surface area contributed by atoms with Crippen LogP contribution >= 0.6 is 0 Å². The Balaban J connectivity index is 1.65. The van der Waals surface area contributed by atoms with Crippen LogP contribution in [0.5, 0.6) is 0 Å². The number of nitrogens with one attached hydrogen (secondary N) is 1. The van der Waals surface area contributed by atoms with Gasteiger partial charge in [-0.2, -0.15) is 0 Å². The van der Waals surface area contributed by atoms with E-state index >= 15 is 0 Å². The number of carbonyl (C=O) groups excluding carboxylic acids is 3. The predicted molar refractivity (Wildman–Crippen MR) is 116 cm³/mol. The first-order valence-electron chi connectivity index (χ1n) is 10.4. The number of benzene rings is 2. The lowest BCUT2D eigenvalue weighted by Crippen LogP contribution is -2.43. The van der Waals surface area contributed by atoms with Crippen molar-refractivity contribution in [3.05, 3.63) is 65.5 Å². The fourth-order valence-corrected chi connectivity index (χ4v) is 3.44. The number of imide groups is 1. The minimum atomic E-state index is -0.781. The zero-order valence-corrected chi connectivity index (χ0v) is 18.4. The van der Waals surface area contributed by atoms with Crippen LogP contribution in [0.25, 0.3) is 0 Å². The molecule has 0 radical (unpaired) electrons. The van der Waals surface area contributed by atoms with Gasteiger partial charge >= 0.3 is 12.2 Å². The molecule has 0 aromatic heterocycles. The Morgan fingerprint density at radius 2 is 1.84 bits per heavy atom. The van der Waals surface area contributed by atoms with Gasteiger partial charge in [0.2, 0.25) is 5.91 Å². The molecule has 3 rings (SSSR count). The van der Waals surface area contributed by atoms with E-state index in [-0.39, 0.29) is 24.6 Å². The summed E-state index contributed by atoms with van der Waals surface area (Å²) in [5.41, 5.74) is 0.717. The van der Waals surface area contributed by atoms with Crippen molar-refractivity contribution >= 4 is 23.8 Å². The van der Waals surface area contributed by atoms with Gasteiger partial charge in [-0.3, -0.25) is 10.1 Å². The summed E-state index contributed by atoms with van der Waals surface area (Å²) in [5.74, 6) is -0.911. The van der Waals surface area contributed by atoms with Gasteiger partial charge in [0, 0.05) is 12.5 Å². The number of anilines is 1. The zero-order chi connectivity index (χ0) is 23.3. The van der Waals surface area contributed by atoms with Crippen LogP contribution in [0.2, 0.25) is 0 Å². The van der Waals surface area contributed by atoms with Gasteiger partial charge in [0.15, 0.2) is 0 Å². The number of likely N-dealkylation sites (tertiary alicyclic amines) is 1. The molecular formula is C24H27FN2O5. The van der Waals surface area contributed by atoms with Crippen molar-refractivity contribution in [3.8, 4) is 0 Å². The lowest BCUT2D eigenvalue weighted by Gasteiger charge is -2.27. The number of amides is 3. The molecule has 1 aliphatic rings. The normalized spacial score (nSPS) is 16.1. The lowest BCUT2D eigenvalue weighted by molar-refractivity contribution is -0.128. The van der Waals surface area contributed by atoms with Gasteiger partial charge in [0.25, 0.3) is 0 Å². The van der Waals surface area contributed by atoms with E-state index in [9.17, 15) is 18.8 Å². The van der Waals surface area contributed by atoms with Crippen LogP contribution < -0.4 is 5.32 Å². The van der Waals surface area contributed by atoms with E-state index in [4.69, 9.17) is 9.47 Å². The van der Waals surface area contributed by atoms with Crippen molar-refractivity contribution in [2.24, 2.45) is 0 Å². The van der Waals surface area contributed by atoms with E-state index in [0.717, 1.165) is 10.5 Å². The third-order valence-electron chi connectivity index (χ3n) is 4.87. The number of nitrogens with zero attached hydrogens (tertiary/aromatic N) is 1. The molecular weight excluding hydrogens is 415 g/mol. The molecule has 1 saturated heterocycles. The van der Waals surface area contributed by atoms with Gasteiger partial charge in [0.1, 0.15) is 18.0 Å². The molecule has 1 N–H and O–H groups in total. The molecule has 0 spiro atoms. The van der Waals surface area contributed by atoms with Gasteiger partial charge in [-0.25, -0.2) is 18.9 Å². The first-order chi connectivity index (χ1) is 15.1. The maximum Gasteiger partial charge on any atom is 0.417 e. The monoisotopic (exact) mass is 442 g/mol. The molecule has 170 valence electrons. The summed E-state index contributed by atoms with van der Waals surface area (Å²) in [7, 11) is 0. The molecule has 0 bridgehead atoms. The molecule has 8 heteroatoms. The number of hydrogen-bond donors (Lipinski definition) is 1. The first-order valence-corrected chi connectivity index (χ1v) is 10.4. The molecule has 0 saturated carbocycles. The molecule has 7 nitrogen and oxygen atoms in total. The zero-order valence-electron chi connectivity index (χ0n) is 18.4. The smallest absolute Gasteiger partial charge is 0.417 e. The van der Waals surface area contributed by atoms with Crippen LogP contribution in [0, 0.1) is 5.82 Å². The maximum atomic E-state index is 14.3. The Labute approximate surface area is 186 Å². The quantitative estimate of drug-likeness (QED) is 0.701. The summed E-state index contributed by atoms with van der Waals surface area (Å²) in [4.78, 5) is 38.0. The molecule has 1 fully saturated rings. The van der Waals surface area contributed by atoms with E-state index in [2.05, 4.69) is 5.32 Å². The van der Waals surface area contributed by atoms with Crippen molar-refractivity contribution in [1.82, 2.24) is 4.90 Å². The summed E-state index contributed by atoms with van der Waals surface area (Å²) in [6, 6.07) is 13.0. The Hall–Kier alpha value is -3.42. The highest BCUT2D eigenvalue weighted by atomic mass is 19.1. The van der Waals surface area contributed by atoms with Crippen LogP contribution in [0.1, 0.15) is 44.7 Å². The minimum absolute atomic E-state index is 0.0336. The summed E-state index contributed by atoms with van der Waals surface area (Å²) in [6.45, 7) is 5.25. The van der Waals surface area contributed by atoms with Crippen molar-refractivity contribution in [1.29, 1.82) is 0 Å². The molecule has 1 heterocycles. The Kier molecular flexibility index (Phi) is 7.12. The Morgan fingerprint density at radius 3 is 2.53 bits per heavy atom. The second-order valence-electron chi connectivity index (χ2n) is 8.64. The van der Waals surface area contributed by atoms with E-state index < -0.39 is 29.6 Å². The van der Waals surface area contributed by atoms with E-state index in [1.165, 1.54) is 12.1 Å². The fourth-order valence-electron chi connectivity index (χ4n) is 3.44. The third kappa shape index (κ3) is 6.29. The predicted octanol–water partition coefficient (Wildman–Crippen LogP) is 5.04. The highest BCUT2D eigenvalue weighted by Gasteiger charge is 2.38. The molecule has 2 aromatic carbocycles. The number of halogens is 1. The largest absolute Gasteiger partial charge is 0.444 e. The van der Waals surface area contributed by atoms with E-state index in [1.54, 1.807) is 26.8 Å². The molecule has 1 unspecified atom stereocenters. The van der Waals surface area contributed by atoms with Crippen molar-refractivity contribution in [2.75, 3.05) is 5.32 Å². The summed E-state index contributed by atoms with van der Waals surface area (Å²) < 4.78 is 24.7. The number of ether oxygens (including phenoxy) is 2. The summed E-state index contributed by atoms with van der Waals surface area (Å²) >= 11 is 0. The highest BCUT2D eigenvalue weighted by Crippen LogP contribution is 2.26. The van der Waals surface area contributed by atoms with Crippen LogP contribution in [0.4, 0.5) is 19.7 Å². The number of carbonyl (C=O) groups is 3. The second-order valence-corrected chi connectivity index (χ2v) is 8.64. The van der Waals surface area contributed by atoms with Crippen LogP contribution in [0.15, 0.2) is 48.5 Å². The topological polar surface area (TPSA) is 84.9 Å². The van der Waals surface area contributed by atoms with Gasteiger partial charge in [-0.05, 0) is 56.9 Å². The van der Waals surface area contributed by atoms with Gasteiger partial charge in [-0.1, -0.05) is 36.4 Å². The fraction of sp³-hybridized carbons (Fsp3) is 0.375.